The molecule has 5 atom stereocenters. The van der Waals surface area contributed by atoms with E-state index in [2.05, 4.69) is 0 Å². The number of hydrogen-bond donors (Lipinski definition) is 3. The van der Waals surface area contributed by atoms with Crippen molar-refractivity contribution in [3.05, 3.63) is 29.3 Å². The second-order valence-electron chi connectivity index (χ2n) is 7.87. The molecule has 1 aromatic carbocycles. The van der Waals surface area contributed by atoms with Crippen LogP contribution in [0, 0.1) is 5.92 Å². The van der Waals surface area contributed by atoms with E-state index < -0.39 is 42.6 Å². The summed E-state index contributed by atoms with van der Waals surface area (Å²) in [6, 6.07) is 4.61. The van der Waals surface area contributed by atoms with Gasteiger partial charge in [-0.3, -0.25) is 4.79 Å². The number of phenolic OH excluding ortho intramolecular Hbond substituents is 1. The number of carbonyl (C=O) groups excluding carboxylic acids is 2. The van der Waals surface area contributed by atoms with Gasteiger partial charge in [-0.2, -0.15) is 0 Å². The van der Waals surface area contributed by atoms with Crippen LogP contribution in [0.4, 0.5) is 0 Å². The first-order valence-electron chi connectivity index (χ1n) is 10.0. The van der Waals surface area contributed by atoms with Crippen LogP contribution in [-0.4, -0.2) is 65.1 Å². The van der Waals surface area contributed by atoms with E-state index in [1.54, 1.807) is 18.2 Å². The molecule has 0 aromatic heterocycles. The summed E-state index contributed by atoms with van der Waals surface area (Å²) in [4.78, 5) is 24.4. The zero-order chi connectivity index (χ0) is 23.3. The van der Waals surface area contributed by atoms with E-state index in [0.717, 1.165) is 6.92 Å². The van der Waals surface area contributed by atoms with E-state index in [9.17, 15) is 24.9 Å². The van der Waals surface area contributed by atoms with Gasteiger partial charge in [-0.15, -0.1) is 0 Å². The summed E-state index contributed by atoms with van der Waals surface area (Å²) < 4.78 is 20.9. The van der Waals surface area contributed by atoms with Crippen LogP contribution in [-0.2, 0) is 23.8 Å². The zero-order valence-electron chi connectivity index (χ0n) is 18.3. The van der Waals surface area contributed by atoms with Gasteiger partial charge < -0.3 is 34.3 Å². The molecule has 172 valence electrons. The zero-order valence-corrected chi connectivity index (χ0v) is 18.3. The third kappa shape index (κ3) is 6.43. The highest BCUT2D eigenvalue weighted by Gasteiger charge is 2.47. The van der Waals surface area contributed by atoms with Crippen molar-refractivity contribution in [2.45, 2.75) is 64.8 Å². The third-order valence-electron chi connectivity index (χ3n) is 4.76. The number of aromatic hydroxyl groups is 1. The number of methoxy groups -OCH3 is 1. The number of phenols is 1. The quantitative estimate of drug-likeness (QED) is 0.430. The Morgan fingerprint density at radius 1 is 1.19 bits per heavy atom. The lowest BCUT2D eigenvalue weighted by Gasteiger charge is -2.40. The van der Waals surface area contributed by atoms with Gasteiger partial charge in [0.05, 0.1) is 13.2 Å². The number of aliphatic hydroxyl groups excluding tert-OH is 2. The van der Waals surface area contributed by atoms with Crippen molar-refractivity contribution in [2.24, 2.45) is 5.92 Å². The maximum Gasteiger partial charge on any atom is 0.334 e. The second-order valence-corrected chi connectivity index (χ2v) is 7.87. The second kappa shape index (κ2) is 10.6. The van der Waals surface area contributed by atoms with Crippen molar-refractivity contribution < 1.29 is 43.9 Å². The van der Waals surface area contributed by atoms with Crippen molar-refractivity contribution in [3.63, 3.8) is 0 Å². The van der Waals surface area contributed by atoms with E-state index in [0.29, 0.717) is 12.0 Å². The lowest BCUT2D eigenvalue weighted by Crippen LogP contribution is -2.59. The molecule has 0 aliphatic carbocycles. The first kappa shape index (κ1) is 24.6. The minimum absolute atomic E-state index is 0.0394. The number of aliphatic hydroxyl groups is 2. The smallest absolute Gasteiger partial charge is 0.334 e. The predicted molar refractivity (Wildman–Crippen MR) is 110 cm³/mol. The van der Waals surface area contributed by atoms with Crippen LogP contribution in [0.3, 0.4) is 0 Å². The molecule has 3 N–H and O–H groups in total. The normalized spacial score (nSPS) is 26.5. The summed E-state index contributed by atoms with van der Waals surface area (Å²) in [5, 5.41) is 30.4. The summed E-state index contributed by atoms with van der Waals surface area (Å²) in [6.07, 6.45) is -4.46. The van der Waals surface area contributed by atoms with Gasteiger partial charge >= 0.3 is 11.9 Å². The Hall–Kier alpha value is -2.62. The van der Waals surface area contributed by atoms with Gasteiger partial charge in [0.15, 0.2) is 30.0 Å². The van der Waals surface area contributed by atoms with Crippen LogP contribution >= 0.6 is 0 Å². The Bertz CT molecular complexity index is 817. The Kier molecular flexibility index (Phi) is 8.43. The highest BCUT2D eigenvalue weighted by molar-refractivity contribution is 5.94. The molecule has 0 spiro atoms. The first-order chi connectivity index (χ1) is 14.5. The third-order valence-corrected chi connectivity index (χ3v) is 4.76. The van der Waals surface area contributed by atoms with Crippen molar-refractivity contribution in [2.75, 3.05) is 7.11 Å². The molecule has 1 fully saturated rings. The molecule has 2 rings (SSSR count). The molecule has 9 nitrogen and oxygen atoms in total. The number of esters is 2. The fourth-order valence-electron chi connectivity index (χ4n) is 3.28. The average Bonchev–Trinajstić information content (AvgIpc) is 2.68. The molecular weight excluding hydrogens is 408 g/mol. The van der Waals surface area contributed by atoms with Crippen LogP contribution in [0.25, 0.3) is 6.08 Å². The molecule has 31 heavy (non-hydrogen) atoms. The fraction of sp³-hybridized carbons (Fsp3) is 0.545. The van der Waals surface area contributed by atoms with Gasteiger partial charge in [0.1, 0.15) is 6.10 Å². The molecule has 1 aliphatic heterocycles. The molecule has 0 amide bonds. The average molecular weight is 438 g/mol. The van der Waals surface area contributed by atoms with Crippen LogP contribution in [0.15, 0.2) is 23.8 Å². The van der Waals surface area contributed by atoms with Gasteiger partial charge in [0.25, 0.3) is 0 Å². The Balaban J connectivity index is 2.32. The van der Waals surface area contributed by atoms with Crippen molar-refractivity contribution >= 4 is 18.0 Å². The largest absolute Gasteiger partial charge is 0.504 e. The van der Waals surface area contributed by atoms with E-state index in [4.69, 9.17) is 18.9 Å². The summed E-state index contributed by atoms with van der Waals surface area (Å²) in [6.45, 7) is 6.50. The molecule has 0 unspecified atom stereocenters. The molecule has 1 saturated heterocycles. The fourth-order valence-corrected chi connectivity index (χ4v) is 3.28. The minimum Gasteiger partial charge on any atom is -0.504 e. The predicted octanol–water partition coefficient (Wildman–Crippen LogP) is 1.77. The number of benzene rings is 1. The maximum absolute atomic E-state index is 13.0. The molecule has 1 aliphatic rings. The number of hydrogen-bond acceptors (Lipinski definition) is 9. The van der Waals surface area contributed by atoms with Gasteiger partial charge in [-0.05, 0) is 43.0 Å². The number of ether oxygens (including phenoxy) is 4. The van der Waals surface area contributed by atoms with Gasteiger partial charge in [-0.1, -0.05) is 19.9 Å². The highest BCUT2D eigenvalue weighted by atomic mass is 16.7. The number of carbonyl (C=O) groups is 2. The molecule has 0 bridgehead atoms. The monoisotopic (exact) mass is 438 g/mol. The van der Waals surface area contributed by atoms with E-state index in [-0.39, 0.29) is 23.0 Å². The lowest BCUT2D eigenvalue weighted by molar-refractivity contribution is -0.284. The standard InChI is InChI=1S/C22H30O9/c1-11(2)8-15(9-14-6-7-16(24)17(10-14)28-5)21(26)31-20-19(30-13(4)23)18(25)12(3)29-22(20)27/h6-7,9-12,18-20,22,24-25,27H,8H2,1-5H3/t12-,18+,19-,20-,22-/m1/s1. The minimum atomic E-state index is -1.58. The van der Waals surface area contributed by atoms with Crippen LogP contribution in [0.5, 0.6) is 11.5 Å². The van der Waals surface area contributed by atoms with Crippen LogP contribution in [0.1, 0.15) is 39.7 Å². The van der Waals surface area contributed by atoms with Gasteiger partial charge in [0.2, 0.25) is 0 Å². The summed E-state index contributed by atoms with van der Waals surface area (Å²) in [7, 11) is 1.41. The highest BCUT2D eigenvalue weighted by Crippen LogP contribution is 2.29. The number of rotatable bonds is 7. The van der Waals surface area contributed by atoms with Gasteiger partial charge in [0, 0.05) is 12.5 Å². The van der Waals surface area contributed by atoms with Crippen molar-refractivity contribution in [1.82, 2.24) is 0 Å². The summed E-state index contributed by atoms with van der Waals surface area (Å²) in [5.74, 6) is -1.15. The SMILES string of the molecule is COc1cc(C=C(CC(C)C)C(=O)O[C@@H]2[C@H](OC(C)=O)[C@@H](O)[C@@H](C)O[C@H]2O)ccc1O. The molecule has 1 aromatic rings. The lowest BCUT2D eigenvalue weighted by atomic mass is 9.98. The molecular formula is C22H30O9. The summed E-state index contributed by atoms with van der Waals surface area (Å²) >= 11 is 0. The Labute approximate surface area is 181 Å². The topological polar surface area (TPSA) is 132 Å². The van der Waals surface area contributed by atoms with E-state index >= 15 is 0 Å². The van der Waals surface area contributed by atoms with E-state index in [1.165, 1.54) is 20.1 Å². The van der Waals surface area contributed by atoms with Crippen molar-refractivity contribution in [1.29, 1.82) is 0 Å². The van der Waals surface area contributed by atoms with Crippen molar-refractivity contribution in [3.8, 4) is 11.5 Å². The molecule has 9 heteroatoms. The Morgan fingerprint density at radius 3 is 2.45 bits per heavy atom. The Morgan fingerprint density at radius 2 is 1.87 bits per heavy atom. The molecule has 1 heterocycles. The molecule has 0 saturated carbocycles. The first-order valence-corrected chi connectivity index (χ1v) is 10.0. The van der Waals surface area contributed by atoms with E-state index in [1.807, 2.05) is 13.8 Å². The van der Waals surface area contributed by atoms with Crippen LogP contribution in [0.2, 0.25) is 0 Å². The maximum atomic E-state index is 13.0. The van der Waals surface area contributed by atoms with Crippen LogP contribution < -0.4 is 4.74 Å². The summed E-state index contributed by atoms with van der Waals surface area (Å²) in [5.41, 5.74) is 0.873. The van der Waals surface area contributed by atoms with Gasteiger partial charge in [-0.25, -0.2) is 4.79 Å². The molecule has 0 radical (unpaired) electrons.